The van der Waals surface area contributed by atoms with Crippen molar-refractivity contribution in [3.8, 4) is 0 Å². The van der Waals surface area contributed by atoms with Crippen molar-refractivity contribution in [2.45, 2.75) is 26.6 Å². The fraction of sp³-hybridized carbons (Fsp3) is 0.190. The largest absolute Gasteiger partial charge is 0.329 e. The predicted octanol–water partition coefficient (Wildman–Crippen LogP) is 3.36. The summed E-state index contributed by atoms with van der Waals surface area (Å²) in [7, 11) is 0. The van der Waals surface area contributed by atoms with Crippen LogP contribution in [-0.2, 0) is 24.4 Å². The molecule has 29 heavy (non-hydrogen) atoms. The first kappa shape index (κ1) is 19.0. The number of halogens is 1. The molecule has 8 heteroatoms. The number of carbonyl (C=O) groups is 1. The molecule has 0 atom stereocenters. The monoisotopic (exact) mass is 409 g/mol. The smallest absolute Gasteiger partial charge is 0.309 e. The van der Waals surface area contributed by atoms with Crippen molar-refractivity contribution >= 4 is 34.4 Å². The molecule has 0 aliphatic carbocycles. The van der Waals surface area contributed by atoms with Crippen LogP contribution >= 0.6 is 11.6 Å². The molecule has 4 aromatic rings. The Labute approximate surface area is 172 Å². The highest BCUT2D eigenvalue weighted by Crippen LogP contribution is 2.18. The van der Waals surface area contributed by atoms with E-state index in [1.165, 1.54) is 4.57 Å². The Kier molecular flexibility index (Phi) is 5.22. The SMILES string of the molecule is CCn1c(=O)n(CC(=O)Nc2ccnn2Cc2ccccc2Cl)c2ccccc21. The van der Waals surface area contributed by atoms with Gasteiger partial charge in [0.25, 0.3) is 0 Å². The second-order valence-corrected chi connectivity index (χ2v) is 7.02. The van der Waals surface area contributed by atoms with Crippen molar-refractivity contribution in [3.05, 3.63) is 81.9 Å². The van der Waals surface area contributed by atoms with E-state index in [-0.39, 0.29) is 18.1 Å². The Bertz CT molecular complexity index is 1240. The maximum absolute atomic E-state index is 12.7. The molecular formula is C21H20ClN5O2. The number of nitrogens with one attached hydrogen (secondary N) is 1. The van der Waals surface area contributed by atoms with Gasteiger partial charge in [-0.25, -0.2) is 9.48 Å². The molecule has 0 aliphatic rings. The quantitative estimate of drug-likeness (QED) is 0.530. The molecule has 0 unspecified atom stereocenters. The van der Waals surface area contributed by atoms with Crippen LogP contribution in [0.3, 0.4) is 0 Å². The molecule has 148 valence electrons. The van der Waals surface area contributed by atoms with E-state index >= 15 is 0 Å². The van der Waals surface area contributed by atoms with Gasteiger partial charge in [-0.3, -0.25) is 13.9 Å². The number of aryl methyl sites for hydroxylation is 1. The van der Waals surface area contributed by atoms with Gasteiger partial charge in [-0.1, -0.05) is 41.9 Å². The van der Waals surface area contributed by atoms with Gasteiger partial charge in [-0.2, -0.15) is 5.10 Å². The number of benzene rings is 2. The normalized spacial score (nSPS) is 11.1. The minimum Gasteiger partial charge on any atom is -0.309 e. The molecule has 0 bridgehead atoms. The van der Waals surface area contributed by atoms with Crippen LogP contribution in [0.25, 0.3) is 11.0 Å². The number of rotatable bonds is 6. The molecule has 0 spiro atoms. The fourth-order valence-corrected chi connectivity index (χ4v) is 3.61. The lowest BCUT2D eigenvalue weighted by Crippen LogP contribution is -2.29. The summed E-state index contributed by atoms with van der Waals surface area (Å²) < 4.78 is 4.81. The molecule has 7 nitrogen and oxygen atoms in total. The second-order valence-electron chi connectivity index (χ2n) is 6.62. The van der Waals surface area contributed by atoms with Gasteiger partial charge in [0.2, 0.25) is 5.91 Å². The molecule has 2 aromatic heterocycles. The third-order valence-electron chi connectivity index (χ3n) is 4.81. The zero-order chi connectivity index (χ0) is 20.4. The number of amides is 1. The first-order valence-electron chi connectivity index (χ1n) is 9.31. The van der Waals surface area contributed by atoms with Crippen LogP contribution in [-0.4, -0.2) is 24.8 Å². The summed E-state index contributed by atoms with van der Waals surface area (Å²) in [6.45, 7) is 2.80. The molecule has 2 heterocycles. The molecule has 0 aliphatic heterocycles. The summed E-state index contributed by atoms with van der Waals surface area (Å²) in [6.07, 6.45) is 1.61. The number of anilines is 1. The lowest BCUT2D eigenvalue weighted by Gasteiger charge is -2.10. The molecule has 0 fully saturated rings. The van der Waals surface area contributed by atoms with E-state index in [1.807, 2.05) is 55.5 Å². The molecular weight excluding hydrogens is 390 g/mol. The zero-order valence-electron chi connectivity index (χ0n) is 15.9. The number of imidazole rings is 1. The van der Waals surface area contributed by atoms with E-state index in [2.05, 4.69) is 10.4 Å². The highest BCUT2D eigenvalue weighted by Gasteiger charge is 2.15. The number of carbonyl (C=O) groups excluding carboxylic acids is 1. The summed E-state index contributed by atoms with van der Waals surface area (Å²) >= 11 is 6.23. The Balaban J connectivity index is 1.56. The van der Waals surface area contributed by atoms with Crippen molar-refractivity contribution < 1.29 is 4.79 Å². The number of para-hydroxylation sites is 2. The Morgan fingerprint density at radius 2 is 1.72 bits per heavy atom. The van der Waals surface area contributed by atoms with E-state index in [1.54, 1.807) is 21.5 Å². The standard InChI is InChI=1S/C21H20ClN5O2/c1-2-25-17-9-5-6-10-18(17)26(21(25)29)14-20(28)24-19-11-12-23-27(19)13-15-7-3-4-8-16(15)22/h3-12H,2,13-14H2,1H3,(H,24,28). The lowest BCUT2D eigenvalue weighted by molar-refractivity contribution is -0.116. The van der Waals surface area contributed by atoms with Gasteiger partial charge in [-0.15, -0.1) is 0 Å². The second kappa shape index (κ2) is 7.97. The topological polar surface area (TPSA) is 73.8 Å². The number of fused-ring (bicyclic) bond motifs is 1. The third kappa shape index (κ3) is 3.69. The van der Waals surface area contributed by atoms with Crippen LogP contribution < -0.4 is 11.0 Å². The van der Waals surface area contributed by atoms with Gasteiger partial charge >= 0.3 is 5.69 Å². The van der Waals surface area contributed by atoms with Gasteiger partial charge in [0.15, 0.2) is 0 Å². The van der Waals surface area contributed by atoms with E-state index in [4.69, 9.17) is 11.6 Å². The van der Waals surface area contributed by atoms with Crippen molar-refractivity contribution in [1.82, 2.24) is 18.9 Å². The zero-order valence-corrected chi connectivity index (χ0v) is 16.6. The summed E-state index contributed by atoms with van der Waals surface area (Å²) in [4.78, 5) is 25.4. The average Bonchev–Trinajstić information content (AvgIpc) is 3.26. The van der Waals surface area contributed by atoms with Crippen LogP contribution in [0.15, 0.2) is 65.6 Å². The van der Waals surface area contributed by atoms with Crippen molar-refractivity contribution in [1.29, 1.82) is 0 Å². The molecule has 0 saturated carbocycles. The highest BCUT2D eigenvalue weighted by molar-refractivity contribution is 6.31. The van der Waals surface area contributed by atoms with Gasteiger partial charge in [-0.05, 0) is 30.7 Å². The Morgan fingerprint density at radius 1 is 1.03 bits per heavy atom. The average molecular weight is 410 g/mol. The van der Waals surface area contributed by atoms with Crippen LogP contribution in [0, 0.1) is 0 Å². The minimum absolute atomic E-state index is 0.0797. The maximum atomic E-state index is 12.7. The first-order chi connectivity index (χ1) is 14.1. The highest BCUT2D eigenvalue weighted by atomic mass is 35.5. The summed E-state index contributed by atoms with van der Waals surface area (Å²) in [5, 5.41) is 7.75. The lowest BCUT2D eigenvalue weighted by atomic mass is 10.2. The molecule has 2 aromatic carbocycles. The molecule has 1 amide bonds. The van der Waals surface area contributed by atoms with Gasteiger partial charge in [0.05, 0.1) is 23.8 Å². The number of hydrogen-bond acceptors (Lipinski definition) is 3. The van der Waals surface area contributed by atoms with E-state index in [9.17, 15) is 9.59 Å². The summed E-state index contributed by atoms with van der Waals surface area (Å²) in [5.41, 5.74) is 2.25. The van der Waals surface area contributed by atoms with Crippen LogP contribution in [0.2, 0.25) is 5.02 Å². The molecule has 4 rings (SSSR count). The summed E-state index contributed by atoms with van der Waals surface area (Å²) in [6, 6.07) is 16.7. The van der Waals surface area contributed by atoms with Gasteiger partial charge in [0, 0.05) is 17.6 Å². The number of aromatic nitrogens is 4. The Morgan fingerprint density at radius 3 is 2.45 bits per heavy atom. The molecule has 0 radical (unpaired) electrons. The van der Waals surface area contributed by atoms with Gasteiger partial charge < -0.3 is 5.32 Å². The number of nitrogens with zero attached hydrogens (tertiary/aromatic N) is 4. The van der Waals surface area contributed by atoms with Gasteiger partial charge in [0.1, 0.15) is 12.4 Å². The van der Waals surface area contributed by atoms with E-state index in [0.29, 0.717) is 23.9 Å². The molecule has 0 saturated heterocycles. The fourth-order valence-electron chi connectivity index (χ4n) is 3.41. The van der Waals surface area contributed by atoms with Crippen LogP contribution in [0.1, 0.15) is 12.5 Å². The van der Waals surface area contributed by atoms with E-state index in [0.717, 1.165) is 16.6 Å². The van der Waals surface area contributed by atoms with Crippen molar-refractivity contribution in [2.24, 2.45) is 0 Å². The predicted molar refractivity (Wildman–Crippen MR) is 113 cm³/mol. The molecule has 1 N–H and O–H groups in total. The van der Waals surface area contributed by atoms with E-state index < -0.39 is 0 Å². The third-order valence-corrected chi connectivity index (χ3v) is 5.17. The minimum atomic E-state index is -0.299. The van der Waals surface area contributed by atoms with Crippen LogP contribution in [0.5, 0.6) is 0 Å². The Hall–Kier alpha value is -3.32. The first-order valence-corrected chi connectivity index (χ1v) is 9.69. The van der Waals surface area contributed by atoms with Crippen LogP contribution in [0.4, 0.5) is 5.82 Å². The number of hydrogen-bond donors (Lipinski definition) is 1. The summed E-state index contributed by atoms with van der Waals surface area (Å²) in [5.74, 6) is 0.245. The maximum Gasteiger partial charge on any atom is 0.329 e. The van der Waals surface area contributed by atoms with Crippen molar-refractivity contribution in [2.75, 3.05) is 5.32 Å². The van der Waals surface area contributed by atoms with Crippen molar-refractivity contribution in [3.63, 3.8) is 0 Å².